The van der Waals surface area contributed by atoms with Gasteiger partial charge in [0.05, 0.1) is 29.4 Å². The number of anilines is 3. The molecule has 1 aromatic carbocycles. The molecule has 1 unspecified atom stereocenters. The highest BCUT2D eigenvalue weighted by molar-refractivity contribution is 6.06. The van der Waals surface area contributed by atoms with Crippen LogP contribution in [0, 0.1) is 19.8 Å². The van der Waals surface area contributed by atoms with E-state index >= 15 is 0 Å². The van der Waals surface area contributed by atoms with E-state index in [9.17, 15) is 9.59 Å². The van der Waals surface area contributed by atoms with Crippen LogP contribution in [0.1, 0.15) is 17.7 Å². The predicted molar refractivity (Wildman–Crippen MR) is 163 cm³/mol. The van der Waals surface area contributed by atoms with Gasteiger partial charge in [-0.3, -0.25) is 19.2 Å². The molecule has 6 rings (SSSR count). The van der Waals surface area contributed by atoms with E-state index < -0.39 is 0 Å². The van der Waals surface area contributed by atoms with Crippen molar-refractivity contribution in [2.45, 2.75) is 20.3 Å². The van der Waals surface area contributed by atoms with E-state index in [4.69, 9.17) is 4.98 Å². The number of hydrogen-bond acceptors (Lipinski definition) is 8. The van der Waals surface area contributed by atoms with Crippen LogP contribution in [0.2, 0.25) is 0 Å². The number of aromatic nitrogens is 5. The van der Waals surface area contributed by atoms with Crippen molar-refractivity contribution < 1.29 is 9.59 Å². The lowest BCUT2D eigenvalue weighted by Crippen LogP contribution is -2.49. The van der Waals surface area contributed by atoms with E-state index in [1.807, 2.05) is 56.3 Å². The lowest BCUT2D eigenvalue weighted by Gasteiger charge is -2.34. The first kappa shape index (κ1) is 27.9. The van der Waals surface area contributed by atoms with Crippen molar-refractivity contribution >= 4 is 40.2 Å². The first-order chi connectivity index (χ1) is 20.2. The number of para-hydroxylation sites is 1. The number of nitrogens with zero attached hydrogens (tertiary/aromatic N) is 7. The van der Waals surface area contributed by atoms with Crippen molar-refractivity contribution in [3.05, 3.63) is 47.9 Å². The Hall–Kier alpha value is -4.29. The Bertz CT molecular complexity index is 1600. The Labute approximate surface area is 245 Å². The number of amides is 2. The Morgan fingerprint density at radius 1 is 1.10 bits per heavy atom. The van der Waals surface area contributed by atoms with E-state index in [1.165, 1.54) is 0 Å². The minimum absolute atomic E-state index is 0.0345. The van der Waals surface area contributed by atoms with Crippen LogP contribution in [0.15, 0.2) is 36.7 Å². The van der Waals surface area contributed by atoms with Crippen LogP contribution in [0.25, 0.3) is 22.2 Å². The van der Waals surface area contributed by atoms with Gasteiger partial charge in [-0.25, -0.2) is 9.97 Å². The van der Waals surface area contributed by atoms with Crippen molar-refractivity contribution in [1.29, 1.82) is 0 Å². The zero-order chi connectivity index (χ0) is 29.4. The first-order valence-corrected chi connectivity index (χ1v) is 14.5. The average Bonchev–Trinajstić information content (AvgIpc) is 3.69. The average molecular weight is 571 g/mol. The number of likely N-dealkylation sites (N-methyl/N-ethyl adjacent to an activating group) is 1. The molecule has 0 radical (unpaired) electrons. The maximum Gasteiger partial charge on any atom is 0.238 e. The maximum atomic E-state index is 13.1. The van der Waals surface area contributed by atoms with E-state index in [2.05, 4.69) is 42.5 Å². The summed E-state index contributed by atoms with van der Waals surface area (Å²) < 4.78 is 1.79. The molecule has 42 heavy (non-hydrogen) atoms. The third kappa shape index (κ3) is 5.72. The van der Waals surface area contributed by atoms with Crippen molar-refractivity contribution in [2.24, 2.45) is 13.0 Å². The summed E-state index contributed by atoms with van der Waals surface area (Å²) in [5.41, 5.74) is 5.22. The van der Waals surface area contributed by atoms with Crippen LogP contribution >= 0.6 is 0 Å². The molecule has 3 aromatic heterocycles. The summed E-state index contributed by atoms with van der Waals surface area (Å²) in [6, 6.07) is 7.79. The van der Waals surface area contributed by atoms with Crippen LogP contribution in [-0.4, -0.2) is 104 Å². The van der Waals surface area contributed by atoms with Gasteiger partial charge in [-0.15, -0.1) is 0 Å². The third-order valence-electron chi connectivity index (χ3n) is 8.37. The molecule has 0 aliphatic carbocycles. The minimum atomic E-state index is -0.0956. The molecule has 12 nitrogen and oxygen atoms in total. The number of piperazine rings is 1. The highest BCUT2D eigenvalue weighted by atomic mass is 16.2. The number of aryl methyl sites for hydroxylation is 3. The predicted octanol–water partition coefficient (Wildman–Crippen LogP) is 2.75. The summed E-state index contributed by atoms with van der Waals surface area (Å²) in [6.07, 6.45) is 4.51. The van der Waals surface area contributed by atoms with Gasteiger partial charge in [0.2, 0.25) is 17.8 Å². The lowest BCUT2D eigenvalue weighted by atomic mass is 10.1. The molecule has 5 heterocycles. The van der Waals surface area contributed by atoms with Gasteiger partial charge in [-0.1, -0.05) is 12.1 Å². The smallest absolute Gasteiger partial charge is 0.238 e. The third-order valence-corrected chi connectivity index (χ3v) is 8.37. The fourth-order valence-electron chi connectivity index (χ4n) is 5.82. The normalized spacial score (nSPS) is 18.1. The summed E-state index contributed by atoms with van der Waals surface area (Å²) >= 11 is 0. The Kier molecular flexibility index (Phi) is 7.65. The van der Waals surface area contributed by atoms with Crippen molar-refractivity contribution in [3.8, 4) is 11.3 Å². The van der Waals surface area contributed by atoms with Gasteiger partial charge in [0.1, 0.15) is 0 Å². The second-order valence-electron chi connectivity index (χ2n) is 11.5. The van der Waals surface area contributed by atoms with Gasteiger partial charge in [0.15, 0.2) is 5.82 Å². The number of rotatable bonds is 7. The van der Waals surface area contributed by atoms with Gasteiger partial charge < -0.3 is 25.4 Å². The minimum Gasteiger partial charge on any atom is -0.359 e. The number of benzene rings is 1. The highest BCUT2D eigenvalue weighted by Crippen LogP contribution is 2.33. The molecular weight excluding hydrogens is 532 g/mol. The molecule has 0 saturated carbocycles. The topological polar surface area (TPSA) is 127 Å². The molecule has 4 aromatic rings. The Morgan fingerprint density at radius 3 is 2.67 bits per heavy atom. The molecule has 12 heteroatoms. The Balaban J connectivity index is 1.13. The van der Waals surface area contributed by atoms with Gasteiger partial charge in [0, 0.05) is 74.9 Å². The van der Waals surface area contributed by atoms with Gasteiger partial charge in [-0.05, 0) is 45.5 Å². The van der Waals surface area contributed by atoms with Crippen LogP contribution in [0.4, 0.5) is 17.5 Å². The number of aromatic amines is 1. The van der Waals surface area contributed by atoms with E-state index in [1.54, 1.807) is 10.9 Å². The number of H-pyrrole nitrogens is 1. The van der Waals surface area contributed by atoms with Gasteiger partial charge in [0.25, 0.3) is 0 Å². The van der Waals surface area contributed by atoms with Gasteiger partial charge >= 0.3 is 0 Å². The van der Waals surface area contributed by atoms with Crippen LogP contribution in [-0.2, 0) is 16.6 Å². The molecule has 1 atom stereocenters. The standard InChI is InChI=1S/C30H38N10O2/c1-19-15-32-30(34-25-14-20(2)38(4)36-25)35-27(19)23-16-31-28-22(23)6-5-7-24(28)33-26(41)18-39-9-8-21(17-39)29(42)40-12-10-37(3)11-13-40/h5-7,14-16,21,31H,8-13,17-18H2,1-4H3,(H,33,41)(H,32,34,35,36). The molecule has 3 N–H and O–H groups in total. The monoisotopic (exact) mass is 570 g/mol. The molecular formula is C30H38N10O2. The zero-order valence-electron chi connectivity index (χ0n) is 24.6. The lowest BCUT2D eigenvalue weighted by molar-refractivity contribution is -0.136. The summed E-state index contributed by atoms with van der Waals surface area (Å²) in [7, 11) is 3.98. The number of nitrogens with one attached hydrogen (secondary N) is 3. The SMILES string of the molecule is Cc1cnc(Nc2cc(C)n(C)n2)nc1-c1c[nH]c2c(NC(=O)CN3CCC(C(=O)N4CCN(C)CC4)C3)cccc12. The van der Waals surface area contributed by atoms with Crippen LogP contribution < -0.4 is 10.6 Å². The number of likely N-dealkylation sites (tertiary alicyclic amines) is 1. The molecule has 2 aliphatic rings. The van der Waals surface area contributed by atoms with Crippen molar-refractivity contribution in [2.75, 3.05) is 63.5 Å². The second-order valence-corrected chi connectivity index (χ2v) is 11.5. The molecule has 2 aliphatic heterocycles. The van der Waals surface area contributed by atoms with Gasteiger partial charge in [-0.2, -0.15) is 5.10 Å². The Morgan fingerprint density at radius 2 is 1.90 bits per heavy atom. The van der Waals surface area contributed by atoms with Crippen LogP contribution in [0.3, 0.4) is 0 Å². The summed E-state index contributed by atoms with van der Waals surface area (Å²) in [6.45, 7) is 8.98. The zero-order valence-corrected chi connectivity index (χ0v) is 24.6. The largest absolute Gasteiger partial charge is 0.359 e. The molecule has 220 valence electrons. The molecule has 2 amide bonds. The number of carbonyl (C=O) groups is 2. The fourth-order valence-corrected chi connectivity index (χ4v) is 5.82. The quantitative estimate of drug-likeness (QED) is 0.310. The number of carbonyl (C=O) groups excluding carboxylic acids is 2. The number of hydrogen-bond donors (Lipinski definition) is 3. The fraction of sp³-hybridized carbons (Fsp3) is 0.433. The molecule has 0 bridgehead atoms. The maximum absolute atomic E-state index is 13.1. The molecule has 2 fully saturated rings. The van der Waals surface area contributed by atoms with E-state index in [0.717, 1.165) is 72.6 Å². The second kappa shape index (κ2) is 11.5. The summed E-state index contributed by atoms with van der Waals surface area (Å²) in [5, 5.41) is 11.7. The number of fused-ring (bicyclic) bond motifs is 1. The first-order valence-electron chi connectivity index (χ1n) is 14.5. The molecule has 2 saturated heterocycles. The van der Waals surface area contributed by atoms with Crippen LogP contribution in [0.5, 0.6) is 0 Å². The van der Waals surface area contributed by atoms with E-state index in [0.29, 0.717) is 24.0 Å². The summed E-state index contributed by atoms with van der Waals surface area (Å²) in [5.74, 6) is 1.24. The summed E-state index contributed by atoms with van der Waals surface area (Å²) in [4.78, 5) is 45.0. The molecule has 0 spiro atoms. The van der Waals surface area contributed by atoms with E-state index in [-0.39, 0.29) is 24.3 Å². The van der Waals surface area contributed by atoms with Crippen molar-refractivity contribution in [3.63, 3.8) is 0 Å². The highest BCUT2D eigenvalue weighted by Gasteiger charge is 2.33. The van der Waals surface area contributed by atoms with Crippen molar-refractivity contribution in [1.82, 2.24) is 39.4 Å².